The van der Waals surface area contributed by atoms with E-state index in [-0.39, 0.29) is 49.0 Å². The molecule has 3 heterocycles. The second kappa shape index (κ2) is 16.0. The van der Waals surface area contributed by atoms with Crippen LogP contribution in [0.4, 0.5) is 10.5 Å². The van der Waals surface area contributed by atoms with Crippen molar-refractivity contribution in [3.8, 4) is 0 Å². The van der Waals surface area contributed by atoms with Gasteiger partial charge >= 0.3 is 6.09 Å². The lowest BCUT2D eigenvalue weighted by atomic mass is 10.00. The predicted octanol–water partition coefficient (Wildman–Crippen LogP) is 3.98. The third-order valence-corrected chi connectivity index (χ3v) is 11.1. The third kappa shape index (κ3) is 8.53. The molecule has 2 saturated heterocycles. The van der Waals surface area contributed by atoms with Crippen molar-refractivity contribution in [1.82, 2.24) is 9.62 Å². The molecule has 13 heteroatoms. The highest BCUT2D eigenvalue weighted by atomic mass is 32.2. The number of aliphatic imine (C=N–C) groups is 1. The van der Waals surface area contributed by atoms with Crippen LogP contribution in [0.1, 0.15) is 30.5 Å². The molecule has 1 amide bonds. The van der Waals surface area contributed by atoms with Gasteiger partial charge in [0.25, 0.3) is 0 Å². The van der Waals surface area contributed by atoms with Crippen LogP contribution in [0.5, 0.6) is 0 Å². The number of carbonyl (C=O) groups is 1. The Labute approximate surface area is 293 Å². The lowest BCUT2D eigenvalue weighted by molar-refractivity contribution is -0.0916. The Balaban J connectivity index is 1.16. The van der Waals surface area contributed by atoms with E-state index in [9.17, 15) is 18.3 Å². The molecule has 3 aromatic carbocycles. The molecule has 0 aliphatic carbocycles. The molecule has 0 bridgehead atoms. The van der Waals surface area contributed by atoms with Gasteiger partial charge < -0.3 is 34.7 Å². The highest BCUT2D eigenvalue weighted by Gasteiger charge is 2.50. The number of ether oxygens (including phenoxy) is 4. The molecule has 12 nitrogen and oxygen atoms in total. The fourth-order valence-corrected chi connectivity index (χ4v) is 8.33. The number of anilines is 1. The molecule has 0 spiro atoms. The first kappa shape index (κ1) is 36.0. The van der Waals surface area contributed by atoms with Crippen molar-refractivity contribution in [3.63, 3.8) is 0 Å². The van der Waals surface area contributed by atoms with Crippen molar-refractivity contribution < 1.29 is 37.3 Å². The van der Waals surface area contributed by atoms with Gasteiger partial charge in [0.2, 0.25) is 10.0 Å². The molecule has 268 valence electrons. The van der Waals surface area contributed by atoms with E-state index in [1.807, 2.05) is 74.5 Å². The number of alkyl carbamates (subject to hydrolysis) is 1. The van der Waals surface area contributed by atoms with Crippen LogP contribution in [-0.2, 0) is 48.4 Å². The second-order valence-corrected chi connectivity index (χ2v) is 15.3. The van der Waals surface area contributed by atoms with Crippen LogP contribution in [0.15, 0.2) is 88.8 Å². The fraction of sp³-hybridized carbons (Fsp3) is 0.459. The number of sulfonamides is 1. The first-order valence-corrected chi connectivity index (χ1v) is 18.5. The van der Waals surface area contributed by atoms with Crippen LogP contribution >= 0.6 is 0 Å². The summed E-state index contributed by atoms with van der Waals surface area (Å²) in [7, 11) is -2.33. The van der Waals surface area contributed by atoms with Crippen LogP contribution in [0.2, 0.25) is 0 Å². The van der Waals surface area contributed by atoms with Crippen molar-refractivity contribution >= 4 is 27.6 Å². The van der Waals surface area contributed by atoms with Gasteiger partial charge in [-0.05, 0) is 47.2 Å². The molecule has 0 saturated carbocycles. The number of nitrogens with one attached hydrogen (secondary N) is 2. The van der Waals surface area contributed by atoms with Gasteiger partial charge in [0.1, 0.15) is 11.9 Å². The number of fused-ring (bicyclic) bond motifs is 2. The van der Waals surface area contributed by atoms with Gasteiger partial charge in [-0.2, -0.15) is 4.31 Å². The first-order valence-electron chi connectivity index (χ1n) is 17.0. The number of amidine groups is 1. The summed E-state index contributed by atoms with van der Waals surface area (Å²) in [6.07, 6.45) is -2.78. The van der Waals surface area contributed by atoms with E-state index in [0.717, 1.165) is 28.2 Å². The average Bonchev–Trinajstić information content (AvgIpc) is 3.83. The largest absolute Gasteiger partial charge is 0.443 e. The van der Waals surface area contributed by atoms with Crippen molar-refractivity contribution in [2.45, 2.75) is 68.8 Å². The molecule has 0 aromatic heterocycles. The van der Waals surface area contributed by atoms with Gasteiger partial charge in [0, 0.05) is 32.2 Å². The molecule has 0 radical (unpaired) electrons. The molecule has 6 rings (SSSR count). The zero-order chi connectivity index (χ0) is 35.3. The average molecular weight is 707 g/mol. The topological polar surface area (TPSA) is 148 Å². The summed E-state index contributed by atoms with van der Waals surface area (Å²) in [6, 6.07) is 23.3. The van der Waals surface area contributed by atoms with Gasteiger partial charge in [-0.25, -0.2) is 13.2 Å². The smallest absolute Gasteiger partial charge is 0.407 e. The highest BCUT2D eigenvalue weighted by Crippen LogP contribution is 2.36. The third-order valence-electron chi connectivity index (χ3n) is 9.23. The minimum absolute atomic E-state index is 0.0293. The summed E-state index contributed by atoms with van der Waals surface area (Å²) in [5.74, 6) is 0.412. The lowest BCUT2D eigenvalue weighted by Gasteiger charge is -2.31. The molecular weight excluding hydrogens is 660 g/mol. The Morgan fingerprint density at radius 2 is 1.68 bits per heavy atom. The Bertz CT molecular complexity index is 1740. The van der Waals surface area contributed by atoms with Crippen LogP contribution < -0.4 is 10.6 Å². The summed E-state index contributed by atoms with van der Waals surface area (Å²) in [5, 5.41) is 17.7. The van der Waals surface area contributed by atoms with E-state index in [0.29, 0.717) is 19.6 Å². The Kier molecular flexibility index (Phi) is 11.5. The maximum absolute atomic E-state index is 14.1. The van der Waals surface area contributed by atoms with E-state index in [1.165, 1.54) is 4.31 Å². The van der Waals surface area contributed by atoms with Crippen molar-refractivity contribution in [2.75, 3.05) is 38.7 Å². The van der Waals surface area contributed by atoms with Crippen LogP contribution in [0.25, 0.3) is 0 Å². The number of aliphatic hydroxyl groups is 1. The Morgan fingerprint density at radius 3 is 2.36 bits per heavy atom. The van der Waals surface area contributed by atoms with Crippen LogP contribution in [0, 0.1) is 11.8 Å². The summed E-state index contributed by atoms with van der Waals surface area (Å²) in [5.41, 5.74) is 3.53. The van der Waals surface area contributed by atoms with E-state index < -0.39 is 40.7 Å². The van der Waals surface area contributed by atoms with Gasteiger partial charge in [-0.1, -0.05) is 74.5 Å². The summed E-state index contributed by atoms with van der Waals surface area (Å²) < 4.78 is 53.1. The van der Waals surface area contributed by atoms with Gasteiger partial charge in [0.15, 0.2) is 6.29 Å². The number of carbonyl (C=O) groups excluding carboxylic acids is 1. The molecule has 50 heavy (non-hydrogen) atoms. The molecule has 3 aromatic rings. The maximum atomic E-state index is 14.1. The quantitative estimate of drug-likeness (QED) is 0.227. The van der Waals surface area contributed by atoms with Gasteiger partial charge in [0.05, 0.1) is 48.9 Å². The Morgan fingerprint density at radius 1 is 1.00 bits per heavy atom. The number of amides is 1. The number of hydrogen-bond donors (Lipinski definition) is 3. The number of nitrogens with zero attached hydrogens (tertiary/aromatic N) is 2. The van der Waals surface area contributed by atoms with Crippen molar-refractivity contribution in [2.24, 2.45) is 16.8 Å². The maximum Gasteiger partial charge on any atom is 0.407 e. The number of hydrogen-bond acceptors (Lipinski definition) is 9. The highest BCUT2D eigenvalue weighted by molar-refractivity contribution is 7.89. The lowest BCUT2D eigenvalue weighted by Crippen LogP contribution is -2.52. The fourth-order valence-electron chi connectivity index (χ4n) is 6.66. The number of aliphatic hydroxyl groups excluding tert-OH is 1. The summed E-state index contributed by atoms with van der Waals surface area (Å²) >= 11 is 0. The van der Waals surface area contributed by atoms with Crippen LogP contribution in [-0.4, -0.2) is 93.8 Å². The van der Waals surface area contributed by atoms with E-state index in [1.54, 1.807) is 25.2 Å². The molecule has 2 fully saturated rings. The van der Waals surface area contributed by atoms with Crippen molar-refractivity contribution in [3.05, 3.63) is 95.6 Å². The van der Waals surface area contributed by atoms with Crippen molar-refractivity contribution in [1.29, 1.82) is 0 Å². The SMILES string of the molecule is CN=C1Cc2cc(S(=O)(=O)N(CC(C)C)C[C@@H](O)[C@H](Cc3ccccc3)NC(=O)OC3CO[C@H]4OC[C@H](OCc5ccccc5)[C@@H]34)ccc2N1. The number of rotatable bonds is 14. The van der Waals surface area contributed by atoms with Gasteiger partial charge in [-0.3, -0.25) is 4.99 Å². The van der Waals surface area contributed by atoms with E-state index >= 15 is 0 Å². The second-order valence-electron chi connectivity index (χ2n) is 13.4. The minimum atomic E-state index is -4.01. The summed E-state index contributed by atoms with van der Waals surface area (Å²) in [4.78, 5) is 17.8. The first-order chi connectivity index (χ1) is 24.1. The minimum Gasteiger partial charge on any atom is -0.443 e. The monoisotopic (exact) mass is 706 g/mol. The molecule has 3 aliphatic heterocycles. The summed E-state index contributed by atoms with van der Waals surface area (Å²) in [6.45, 7) is 4.61. The molecule has 3 aliphatic rings. The molecule has 3 N–H and O–H groups in total. The van der Waals surface area contributed by atoms with Gasteiger partial charge in [-0.15, -0.1) is 0 Å². The number of benzene rings is 3. The van der Waals surface area contributed by atoms with E-state index in [4.69, 9.17) is 18.9 Å². The molecule has 1 unspecified atom stereocenters. The normalized spacial score (nSPS) is 23.4. The molecule has 6 atom stereocenters. The standard InChI is InChI=1S/C37H46N4O8S/c1-24(2)19-41(50(44,45)28-14-15-29-27(17-28)18-34(38-3)39-29)20-31(42)30(16-25-10-6-4-7-11-25)40-37(43)49-33-23-48-36-35(33)32(22-47-36)46-21-26-12-8-5-9-13-26/h4-15,17,24,30-33,35-36,42H,16,18-23H2,1-3H3,(H,38,39)(H,40,43)/t30-,31+,32-,33?,35-,36+/m0/s1. The van der Waals surface area contributed by atoms with E-state index in [2.05, 4.69) is 15.6 Å². The predicted molar refractivity (Wildman–Crippen MR) is 188 cm³/mol. The molecular formula is C37H46N4O8S. The van der Waals surface area contributed by atoms with Crippen LogP contribution in [0.3, 0.4) is 0 Å². The zero-order valence-electron chi connectivity index (χ0n) is 28.6. The zero-order valence-corrected chi connectivity index (χ0v) is 29.4. The Hall–Kier alpha value is -3.85.